The Morgan fingerprint density at radius 1 is 1.25 bits per heavy atom. The maximum atomic E-state index is 6.11. The molecule has 1 heterocycles. The second kappa shape index (κ2) is 4.97. The number of rotatable bonds is 3. The fraction of sp³-hybridized carbons (Fsp3) is 0.167. The Morgan fingerprint density at radius 2 is 1.94 bits per heavy atom. The predicted molar refractivity (Wildman–Crippen MR) is 69.7 cm³/mol. The van der Waals surface area contributed by atoms with Crippen LogP contribution in [0.5, 0.6) is 0 Å². The van der Waals surface area contributed by atoms with Gasteiger partial charge in [-0.2, -0.15) is 0 Å². The second-order valence-corrected chi connectivity index (χ2v) is 5.00. The molecule has 2 rings (SSSR count). The SMILES string of the molecule is Cc1ccc(C(NN)c2sccc2Cl)cc1. The van der Waals surface area contributed by atoms with Crippen molar-refractivity contribution in [2.45, 2.75) is 13.0 Å². The lowest BCUT2D eigenvalue weighted by atomic mass is 10.0. The Kier molecular flexibility index (Phi) is 3.61. The number of thiophene rings is 1. The van der Waals surface area contributed by atoms with Gasteiger partial charge < -0.3 is 0 Å². The summed E-state index contributed by atoms with van der Waals surface area (Å²) in [6.45, 7) is 2.06. The van der Waals surface area contributed by atoms with Crippen molar-refractivity contribution in [3.05, 3.63) is 56.7 Å². The van der Waals surface area contributed by atoms with Crippen molar-refractivity contribution in [2.75, 3.05) is 0 Å². The van der Waals surface area contributed by atoms with Crippen LogP contribution in [-0.2, 0) is 0 Å². The van der Waals surface area contributed by atoms with Gasteiger partial charge in [-0.1, -0.05) is 41.4 Å². The van der Waals surface area contributed by atoms with E-state index < -0.39 is 0 Å². The Balaban J connectivity index is 2.37. The van der Waals surface area contributed by atoms with Crippen LogP contribution in [0.3, 0.4) is 0 Å². The molecular weight excluding hydrogens is 240 g/mol. The minimum absolute atomic E-state index is 0.0342. The van der Waals surface area contributed by atoms with Crippen molar-refractivity contribution in [2.24, 2.45) is 5.84 Å². The van der Waals surface area contributed by atoms with E-state index in [1.807, 2.05) is 11.4 Å². The largest absolute Gasteiger partial charge is 0.271 e. The van der Waals surface area contributed by atoms with Gasteiger partial charge in [-0.25, -0.2) is 5.43 Å². The molecule has 0 aliphatic carbocycles. The standard InChI is InChI=1S/C12H13ClN2S/c1-8-2-4-9(5-3-8)11(15-14)12-10(13)6-7-16-12/h2-7,11,15H,14H2,1H3. The van der Waals surface area contributed by atoms with Gasteiger partial charge in [-0.15, -0.1) is 11.3 Å². The van der Waals surface area contributed by atoms with Crippen LogP contribution in [0.4, 0.5) is 0 Å². The first kappa shape index (κ1) is 11.6. The van der Waals surface area contributed by atoms with Gasteiger partial charge in [0.05, 0.1) is 11.1 Å². The van der Waals surface area contributed by atoms with E-state index in [0.717, 1.165) is 15.5 Å². The summed E-state index contributed by atoms with van der Waals surface area (Å²) in [6, 6.07) is 10.1. The molecule has 1 unspecified atom stereocenters. The van der Waals surface area contributed by atoms with Crippen LogP contribution < -0.4 is 11.3 Å². The predicted octanol–water partition coefficient (Wildman–Crippen LogP) is 3.26. The van der Waals surface area contributed by atoms with Crippen LogP contribution in [0.1, 0.15) is 22.0 Å². The molecule has 0 aliphatic rings. The summed E-state index contributed by atoms with van der Waals surface area (Å²) in [5, 5.41) is 2.73. The molecule has 1 atom stereocenters. The number of halogens is 1. The smallest absolute Gasteiger partial charge is 0.0817 e. The third kappa shape index (κ3) is 2.28. The third-order valence-corrected chi connectivity index (χ3v) is 3.91. The van der Waals surface area contributed by atoms with E-state index >= 15 is 0 Å². The minimum Gasteiger partial charge on any atom is -0.271 e. The fourth-order valence-corrected chi connectivity index (χ4v) is 2.85. The number of aryl methyl sites for hydroxylation is 1. The molecule has 1 aromatic heterocycles. The lowest BCUT2D eigenvalue weighted by Gasteiger charge is -2.15. The van der Waals surface area contributed by atoms with Crippen LogP contribution in [0.15, 0.2) is 35.7 Å². The zero-order valence-electron chi connectivity index (χ0n) is 8.91. The van der Waals surface area contributed by atoms with Crippen LogP contribution in [-0.4, -0.2) is 0 Å². The Morgan fingerprint density at radius 3 is 2.44 bits per heavy atom. The number of hydrazine groups is 1. The topological polar surface area (TPSA) is 38.0 Å². The Labute approximate surface area is 104 Å². The normalized spacial score (nSPS) is 12.7. The molecule has 0 saturated heterocycles. The van der Waals surface area contributed by atoms with Crippen LogP contribution in [0.2, 0.25) is 5.02 Å². The second-order valence-electron chi connectivity index (χ2n) is 3.64. The van der Waals surface area contributed by atoms with Crippen molar-refractivity contribution in [1.82, 2.24) is 5.43 Å². The number of hydrogen-bond acceptors (Lipinski definition) is 3. The molecule has 1 aromatic carbocycles. The highest BCUT2D eigenvalue weighted by Gasteiger charge is 2.16. The number of benzene rings is 1. The zero-order chi connectivity index (χ0) is 11.5. The molecule has 0 radical (unpaired) electrons. The van der Waals surface area contributed by atoms with Crippen molar-refractivity contribution < 1.29 is 0 Å². The van der Waals surface area contributed by atoms with Crippen molar-refractivity contribution in [3.8, 4) is 0 Å². The summed E-state index contributed by atoms with van der Waals surface area (Å²) in [7, 11) is 0. The first-order valence-electron chi connectivity index (χ1n) is 4.98. The molecule has 0 amide bonds. The van der Waals surface area contributed by atoms with Gasteiger partial charge >= 0.3 is 0 Å². The van der Waals surface area contributed by atoms with E-state index in [-0.39, 0.29) is 6.04 Å². The first-order valence-corrected chi connectivity index (χ1v) is 6.23. The Bertz CT molecular complexity index is 464. The van der Waals surface area contributed by atoms with E-state index in [2.05, 4.69) is 36.6 Å². The number of hydrogen-bond donors (Lipinski definition) is 2. The molecule has 16 heavy (non-hydrogen) atoms. The van der Waals surface area contributed by atoms with E-state index in [0.29, 0.717) is 0 Å². The van der Waals surface area contributed by atoms with E-state index in [4.69, 9.17) is 17.4 Å². The number of nitrogens with one attached hydrogen (secondary N) is 1. The molecule has 0 aliphatic heterocycles. The van der Waals surface area contributed by atoms with Gasteiger partial charge in [0.25, 0.3) is 0 Å². The minimum atomic E-state index is -0.0342. The third-order valence-electron chi connectivity index (χ3n) is 2.48. The fourth-order valence-electron chi connectivity index (χ4n) is 1.59. The summed E-state index contributed by atoms with van der Waals surface area (Å²) in [5.74, 6) is 5.60. The summed E-state index contributed by atoms with van der Waals surface area (Å²) >= 11 is 7.72. The molecule has 2 aromatic rings. The van der Waals surface area contributed by atoms with Gasteiger partial charge in [-0.3, -0.25) is 5.84 Å². The summed E-state index contributed by atoms with van der Waals surface area (Å²) in [5.41, 5.74) is 5.16. The summed E-state index contributed by atoms with van der Waals surface area (Å²) in [6.07, 6.45) is 0. The molecule has 4 heteroatoms. The molecule has 0 fully saturated rings. The van der Waals surface area contributed by atoms with E-state index in [1.165, 1.54) is 5.56 Å². The highest BCUT2D eigenvalue weighted by Crippen LogP contribution is 2.32. The first-order chi connectivity index (χ1) is 7.72. The molecule has 0 spiro atoms. The van der Waals surface area contributed by atoms with Gasteiger partial charge in [0, 0.05) is 4.88 Å². The highest BCUT2D eigenvalue weighted by molar-refractivity contribution is 7.10. The lowest BCUT2D eigenvalue weighted by Crippen LogP contribution is -2.28. The quantitative estimate of drug-likeness (QED) is 0.650. The molecule has 84 valence electrons. The van der Waals surface area contributed by atoms with E-state index in [1.54, 1.807) is 11.3 Å². The van der Waals surface area contributed by atoms with Crippen LogP contribution in [0, 0.1) is 6.92 Å². The molecule has 0 bridgehead atoms. The average Bonchev–Trinajstić information content (AvgIpc) is 2.69. The molecule has 3 N–H and O–H groups in total. The highest BCUT2D eigenvalue weighted by atomic mass is 35.5. The summed E-state index contributed by atoms with van der Waals surface area (Å²) in [4.78, 5) is 1.05. The van der Waals surface area contributed by atoms with E-state index in [9.17, 15) is 0 Å². The van der Waals surface area contributed by atoms with Gasteiger partial charge in [0.2, 0.25) is 0 Å². The average molecular weight is 253 g/mol. The molecule has 0 saturated carbocycles. The van der Waals surface area contributed by atoms with Gasteiger partial charge in [0.15, 0.2) is 0 Å². The van der Waals surface area contributed by atoms with Crippen molar-refractivity contribution in [3.63, 3.8) is 0 Å². The zero-order valence-corrected chi connectivity index (χ0v) is 10.5. The monoisotopic (exact) mass is 252 g/mol. The maximum Gasteiger partial charge on any atom is 0.0817 e. The summed E-state index contributed by atoms with van der Waals surface area (Å²) < 4.78 is 0. The van der Waals surface area contributed by atoms with Gasteiger partial charge in [-0.05, 0) is 23.9 Å². The maximum absolute atomic E-state index is 6.11. The molecular formula is C12H13ClN2S. The number of nitrogens with two attached hydrogens (primary N) is 1. The van der Waals surface area contributed by atoms with Gasteiger partial charge in [0.1, 0.15) is 0 Å². The van der Waals surface area contributed by atoms with Crippen molar-refractivity contribution in [1.29, 1.82) is 0 Å². The Hall–Kier alpha value is -0.870. The van der Waals surface area contributed by atoms with Crippen LogP contribution in [0.25, 0.3) is 0 Å². The van der Waals surface area contributed by atoms with Crippen molar-refractivity contribution >= 4 is 22.9 Å². The van der Waals surface area contributed by atoms with Crippen LogP contribution >= 0.6 is 22.9 Å². The molecule has 2 nitrogen and oxygen atoms in total. The lowest BCUT2D eigenvalue weighted by molar-refractivity contribution is 0.646.